The Hall–Kier alpha value is -2.27. The Bertz CT molecular complexity index is 659. The maximum Gasteiger partial charge on any atom is 0.251 e. The Morgan fingerprint density at radius 1 is 1.05 bits per heavy atom. The van der Waals surface area contributed by atoms with Crippen molar-refractivity contribution in [3.63, 3.8) is 0 Å². The van der Waals surface area contributed by atoms with Crippen molar-refractivity contribution in [1.82, 2.24) is 5.32 Å². The number of thioether (sulfide) groups is 1. The number of benzene rings is 2. The van der Waals surface area contributed by atoms with Gasteiger partial charge in [-0.15, -0.1) is 11.8 Å². The van der Waals surface area contributed by atoms with Crippen LogP contribution in [0.1, 0.15) is 17.3 Å². The molecule has 0 aliphatic heterocycles. The molecular weight excluding hydrogens is 296 g/mol. The van der Waals surface area contributed by atoms with Crippen LogP contribution in [0.25, 0.3) is 0 Å². The van der Waals surface area contributed by atoms with Crippen LogP contribution in [0.2, 0.25) is 0 Å². The highest BCUT2D eigenvalue weighted by Crippen LogP contribution is 2.19. The second kappa shape index (κ2) is 7.66. The van der Waals surface area contributed by atoms with E-state index >= 15 is 0 Å². The zero-order valence-electron chi connectivity index (χ0n) is 12.5. The Morgan fingerprint density at radius 3 is 2.45 bits per heavy atom. The van der Waals surface area contributed by atoms with E-state index in [1.807, 2.05) is 36.6 Å². The number of hydrogen-bond acceptors (Lipinski definition) is 3. The van der Waals surface area contributed by atoms with Crippen LogP contribution < -0.4 is 10.6 Å². The topological polar surface area (TPSA) is 58.2 Å². The summed E-state index contributed by atoms with van der Waals surface area (Å²) < 4.78 is 0. The molecule has 0 bridgehead atoms. The highest BCUT2D eigenvalue weighted by Gasteiger charge is 2.16. The molecule has 2 rings (SSSR count). The van der Waals surface area contributed by atoms with Crippen molar-refractivity contribution >= 4 is 29.3 Å². The number of anilines is 1. The SMILES string of the molecule is CSc1cccc(NC(=O)[C@@H](C)NC(=O)c2ccccc2)c1. The Morgan fingerprint density at radius 2 is 1.77 bits per heavy atom. The van der Waals surface area contributed by atoms with Crippen molar-refractivity contribution in [3.05, 3.63) is 60.2 Å². The molecule has 1 atom stereocenters. The third-order valence-electron chi connectivity index (χ3n) is 3.11. The molecule has 0 aliphatic rings. The van der Waals surface area contributed by atoms with Gasteiger partial charge in [0.2, 0.25) is 5.91 Å². The predicted molar refractivity (Wildman–Crippen MR) is 90.2 cm³/mol. The van der Waals surface area contributed by atoms with E-state index in [2.05, 4.69) is 10.6 Å². The van der Waals surface area contributed by atoms with Crippen molar-refractivity contribution < 1.29 is 9.59 Å². The van der Waals surface area contributed by atoms with Crippen molar-refractivity contribution in [2.24, 2.45) is 0 Å². The first kappa shape index (κ1) is 16.1. The first-order valence-corrected chi connectivity index (χ1v) is 8.13. The Labute approximate surface area is 134 Å². The fourth-order valence-corrected chi connectivity index (χ4v) is 2.35. The Kier molecular flexibility index (Phi) is 5.61. The van der Waals surface area contributed by atoms with Crippen LogP contribution in [0.4, 0.5) is 5.69 Å². The van der Waals surface area contributed by atoms with E-state index in [9.17, 15) is 9.59 Å². The van der Waals surface area contributed by atoms with Gasteiger partial charge in [-0.2, -0.15) is 0 Å². The van der Waals surface area contributed by atoms with E-state index in [4.69, 9.17) is 0 Å². The normalized spacial score (nSPS) is 11.5. The van der Waals surface area contributed by atoms with Gasteiger partial charge in [-0.3, -0.25) is 9.59 Å². The Balaban J connectivity index is 1.96. The zero-order chi connectivity index (χ0) is 15.9. The molecule has 4 nitrogen and oxygen atoms in total. The summed E-state index contributed by atoms with van der Waals surface area (Å²) >= 11 is 1.61. The minimum Gasteiger partial charge on any atom is -0.341 e. The summed E-state index contributed by atoms with van der Waals surface area (Å²) in [6.07, 6.45) is 1.98. The predicted octanol–water partition coefficient (Wildman–Crippen LogP) is 3.17. The van der Waals surface area contributed by atoms with Crippen molar-refractivity contribution in [3.8, 4) is 0 Å². The number of nitrogens with one attached hydrogen (secondary N) is 2. The summed E-state index contributed by atoms with van der Waals surface area (Å²) in [4.78, 5) is 25.2. The summed E-state index contributed by atoms with van der Waals surface area (Å²) in [6, 6.07) is 15.8. The van der Waals surface area contributed by atoms with Crippen LogP contribution >= 0.6 is 11.8 Å². The van der Waals surface area contributed by atoms with Gasteiger partial charge in [-0.25, -0.2) is 0 Å². The van der Waals surface area contributed by atoms with Crippen LogP contribution in [-0.2, 0) is 4.79 Å². The number of carbonyl (C=O) groups is 2. The minimum absolute atomic E-state index is 0.248. The van der Waals surface area contributed by atoms with Gasteiger partial charge in [-0.1, -0.05) is 24.3 Å². The van der Waals surface area contributed by atoms with Gasteiger partial charge in [0, 0.05) is 16.1 Å². The second-order valence-corrected chi connectivity index (χ2v) is 5.66. The molecule has 22 heavy (non-hydrogen) atoms. The molecule has 2 aromatic rings. The molecule has 0 spiro atoms. The molecule has 0 saturated carbocycles. The molecule has 0 aliphatic carbocycles. The molecule has 5 heteroatoms. The van der Waals surface area contributed by atoms with Gasteiger partial charge in [0.15, 0.2) is 0 Å². The average molecular weight is 314 g/mol. The van der Waals surface area contributed by atoms with Crippen molar-refractivity contribution in [2.45, 2.75) is 17.9 Å². The van der Waals surface area contributed by atoms with Crippen LogP contribution in [0.3, 0.4) is 0 Å². The number of carbonyl (C=O) groups excluding carboxylic acids is 2. The van der Waals surface area contributed by atoms with E-state index in [0.717, 1.165) is 10.6 Å². The molecule has 0 unspecified atom stereocenters. The summed E-state index contributed by atoms with van der Waals surface area (Å²) in [5.74, 6) is -0.511. The van der Waals surface area contributed by atoms with Gasteiger partial charge < -0.3 is 10.6 Å². The number of hydrogen-bond donors (Lipinski definition) is 2. The van der Waals surface area contributed by atoms with Gasteiger partial charge in [0.25, 0.3) is 5.91 Å². The minimum atomic E-state index is -0.620. The third kappa shape index (κ3) is 4.36. The molecule has 0 heterocycles. The van der Waals surface area contributed by atoms with Crippen LogP contribution in [0, 0.1) is 0 Å². The van der Waals surface area contributed by atoms with Crippen LogP contribution in [-0.4, -0.2) is 24.1 Å². The lowest BCUT2D eigenvalue weighted by molar-refractivity contribution is -0.117. The van der Waals surface area contributed by atoms with Crippen LogP contribution in [0.5, 0.6) is 0 Å². The van der Waals surface area contributed by atoms with Crippen molar-refractivity contribution in [2.75, 3.05) is 11.6 Å². The monoisotopic (exact) mass is 314 g/mol. The van der Waals surface area contributed by atoms with E-state index in [-0.39, 0.29) is 11.8 Å². The number of rotatable bonds is 5. The quantitative estimate of drug-likeness (QED) is 0.834. The molecule has 0 saturated heterocycles. The smallest absolute Gasteiger partial charge is 0.251 e. The third-order valence-corrected chi connectivity index (χ3v) is 3.84. The fraction of sp³-hybridized carbons (Fsp3) is 0.176. The first-order chi connectivity index (χ1) is 10.6. The lowest BCUT2D eigenvalue weighted by atomic mass is 10.2. The summed E-state index contributed by atoms with van der Waals surface area (Å²) in [6.45, 7) is 1.66. The summed E-state index contributed by atoms with van der Waals surface area (Å²) in [5.41, 5.74) is 1.25. The molecule has 2 N–H and O–H groups in total. The molecule has 0 radical (unpaired) electrons. The van der Waals surface area contributed by atoms with Gasteiger partial charge >= 0.3 is 0 Å². The molecule has 0 aromatic heterocycles. The molecule has 2 aromatic carbocycles. The van der Waals surface area contributed by atoms with E-state index in [1.54, 1.807) is 43.0 Å². The van der Waals surface area contributed by atoms with E-state index < -0.39 is 6.04 Å². The maximum atomic E-state index is 12.1. The lowest BCUT2D eigenvalue weighted by Crippen LogP contribution is -2.41. The first-order valence-electron chi connectivity index (χ1n) is 6.91. The highest BCUT2D eigenvalue weighted by molar-refractivity contribution is 7.98. The van der Waals surface area contributed by atoms with E-state index in [0.29, 0.717) is 5.56 Å². The van der Waals surface area contributed by atoms with Crippen molar-refractivity contribution in [1.29, 1.82) is 0 Å². The second-order valence-electron chi connectivity index (χ2n) is 4.78. The fourth-order valence-electron chi connectivity index (χ4n) is 1.89. The molecule has 0 fully saturated rings. The average Bonchev–Trinajstić information content (AvgIpc) is 2.55. The van der Waals surface area contributed by atoms with Gasteiger partial charge in [-0.05, 0) is 43.5 Å². The standard InChI is InChI=1S/C17H18N2O2S/c1-12(18-17(21)13-7-4-3-5-8-13)16(20)19-14-9-6-10-15(11-14)22-2/h3-12H,1-2H3,(H,18,21)(H,19,20)/t12-/m1/s1. The number of amides is 2. The molecule has 2 amide bonds. The molecule has 114 valence electrons. The highest BCUT2D eigenvalue weighted by atomic mass is 32.2. The van der Waals surface area contributed by atoms with E-state index in [1.165, 1.54) is 0 Å². The summed E-state index contributed by atoms with van der Waals surface area (Å²) in [7, 11) is 0. The zero-order valence-corrected chi connectivity index (χ0v) is 13.3. The largest absolute Gasteiger partial charge is 0.341 e. The molecular formula is C17H18N2O2S. The van der Waals surface area contributed by atoms with Gasteiger partial charge in [0.1, 0.15) is 6.04 Å². The summed E-state index contributed by atoms with van der Waals surface area (Å²) in [5, 5.41) is 5.49. The van der Waals surface area contributed by atoms with Gasteiger partial charge in [0.05, 0.1) is 0 Å². The lowest BCUT2D eigenvalue weighted by Gasteiger charge is -2.14. The van der Waals surface area contributed by atoms with Crippen LogP contribution in [0.15, 0.2) is 59.5 Å². The maximum absolute atomic E-state index is 12.1.